The summed E-state index contributed by atoms with van der Waals surface area (Å²) in [6, 6.07) is 20.5. The van der Waals surface area contributed by atoms with Crippen LogP contribution in [0.1, 0.15) is 21.4 Å². The Bertz CT molecular complexity index is 879. The molecule has 0 aliphatic heterocycles. The molecule has 6 heteroatoms. The van der Waals surface area contributed by atoms with Crippen molar-refractivity contribution in [3.05, 3.63) is 82.0 Å². The largest absolute Gasteiger partial charge is 0.493 e. The van der Waals surface area contributed by atoms with Crippen molar-refractivity contribution in [2.24, 2.45) is 0 Å². The fourth-order valence-corrected chi connectivity index (χ4v) is 3.52. The number of ether oxygens (including phenoxy) is 2. The van der Waals surface area contributed by atoms with E-state index in [4.69, 9.17) is 9.47 Å². The van der Waals surface area contributed by atoms with E-state index in [1.165, 1.54) is 11.3 Å². The molecule has 1 heterocycles. The van der Waals surface area contributed by atoms with E-state index in [0.29, 0.717) is 18.0 Å². The smallest absolute Gasteiger partial charge is 0.258 e. The molecular formula is C21H21NO4S. The Balaban J connectivity index is 1.50. The molecule has 1 unspecified atom stereocenters. The van der Waals surface area contributed by atoms with Crippen molar-refractivity contribution < 1.29 is 19.4 Å². The summed E-state index contributed by atoms with van der Waals surface area (Å²) in [6.45, 7) is 0.297. The number of nitrogens with one attached hydrogen (secondary N) is 1. The molecular weight excluding hydrogens is 362 g/mol. The van der Waals surface area contributed by atoms with E-state index in [1.54, 1.807) is 19.2 Å². The predicted octanol–water partition coefficient (Wildman–Crippen LogP) is 3.53. The maximum absolute atomic E-state index is 12.0. The highest BCUT2D eigenvalue weighted by atomic mass is 32.1. The predicted molar refractivity (Wildman–Crippen MR) is 105 cm³/mol. The standard InChI is InChI=1S/C21H21NO4S/c1-25-17-9-5-6-10-18(17)26-14-20(23)22-13-16-11-12-19(27-16)21(24)15-7-3-2-4-8-15/h2-12,21,24H,13-14H2,1H3,(H,22,23). The Morgan fingerprint density at radius 2 is 1.74 bits per heavy atom. The normalized spacial score (nSPS) is 11.6. The number of rotatable bonds is 8. The highest BCUT2D eigenvalue weighted by Crippen LogP contribution is 2.28. The first-order chi connectivity index (χ1) is 13.2. The van der Waals surface area contributed by atoms with Gasteiger partial charge in [0, 0.05) is 9.75 Å². The quantitative estimate of drug-likeness (QED) is 0.624. The second kappa shape index (κ2) is 9.21. The van der Waals surface area contributed by atoms with Gasteiger partial charge in [0.25, 0.3) is 5.91 Å². The Morgan fingerprint density at radius 3 is 2.48 bits per heavy atom. The van der Waals surface area contributed by atoms with Crippen LogP contribution < -0.4 is 14.8 Å². The third-order valence-corrected chi connectivity index (χ3v) is 5.09. The monoisotopic (exact) mass is 383 g/mol. The Hall–Kier alpha value is -2.83. The third-order valence-electron chi connectivity index (χ3n) is 3.95. The lowest BCUT2D eigenvalue weighted by molar-refractivity contribution is -0.123. The lowest BCUT2D eigenvalue weighted by Gasteiger charge is -2.10. The van der Waals surface area contributed by atoms with Gasteiger partial charge in [0.1, 0.15) is 6.10 Å². The molecule has 0 spiro atoms. The zero-order chi connectivity index (χ0) is 19.1. The van der Waals surface area contributed by atoms with Crippen molar-refractivity contribution in [2.75, 3.05) is 13.7 Å². The van der Waals surface area contributed by atoms with Crippen LogP contribution in [0.4, 0.5) is 0 Å². The molecule has 1 amide bonds. The lowest BCUT2D eigenvalue weighted by atomic mass is 10.1. The van der Waals surface area contributed by atoms with Gasteiger partial charge in [-0.25, -0.2) is 0 Å². The number of amides is 1. The van der Waals surface area contributed by atoms with Crippen LogP contribution in [0.3, 0.4) is 0 Å². The molecule has 5 nitrogen and oxygen atoms in total. The summed E-state index contributed by atoms with van der Waals surface area (Å²) in [5.74, 6) is 0.891. The lowest BCUT2D eigenvalue weighted by Crippen LogP contribution is -2.28. The summed E-state index contributed by atoms with van der Waals surface area (Å²) >= 11 is 1.47. The second-order valence-electron chi connectivity index (χ2n) is 5.83. The number of benzene rings is 2. The van der Waals surface area contributed by atoms with Gasteiger partial charge in [-0.3, -0.25) is 4.79 Å². The van der Waals surface area contributed by atoms with Crippen LogP contribution in [0.5, 0.6) is 11.5 Å². The zero-order valence-corrected chi connectivity index (χ0v) is 15.7. The number of thiophene rings is 1. The number of hydrogen-bond donors (Lipinski definition) is 2. The highest BCUT2D eigenvalue weighted by Gasteiger charge is 2.13. The fraction of sp³-hybridized carbons (Fsp3) is 0.190. The first-order valence-corrected chi connectivity index (χ1v) is 9.33. The van der Waals surface area contributed by atoms with Gasteiger partial charge in [-0.05, 0) is 29.8 Å². The number of methoxy groups -OCH3 is 1. The number of carbonyl (C=O) groups is 1. The Kier molecular flexibility index (Phi) is 6.46. The average Bonchev–Trinajstić information content (AvgIpc) is 3.20. The summed E-state index contributed by atoms with van der Waals surface area (Å²) < 4.78 is 10.7. The molecule has 27 heavy (non-hydrogen) atoms. The first-order valence-electron chi connectivity index (χ1n) is 8.51. The van der Waals surface area contributed by atoms with E-state index >= 15 is 0 Å². The Morgan fingerprint density at radius 1 is 1.04 bits per heavy atom. The molecule has 0 radical (unpaired) electrons. The van der Waals surface area contributed by atoms with Crippen LogP contribution in [0, 0.1) is 0 Å². The first kappa shape index (κ1) is 18.9. The highest BCUT2D eigenvalue weighted by molar-refractivity contribution is 7.12. The Labute approximate surface area is 162 Å². The second-order valence-corrected chi connectivity index (χ2v) is 7.03. The van der Waals surface area contributed by atoms with Gasteiger partial charge in [-0.15, -0.1) is 11.3 Å². The van der Waals surface area contributed by atoms with Gasteiger partial charge >= 0.3 is 0 Å². The van der Waals surface area contributed by atoms with Crippen molar-refractivity contribution in [2.45, 2.75) is 12.6 Å². The summed E-state index contributed by atoms with van der Waals surface area (Å²) in [5.41, 5.74) is 0.847. The summed E-state index contributed by atoms with van der Waals surface area (Å²) in [4.78, 5) is 13.8. The van der Waals surface area contributed by atoms with Crippen molar-refractivity contribution in [3.8, 4) is 11.5 Å². The van der Waals surface area contributed by atoms with E-state index in [-0.39, 0.29) is 12.5 Å². The SMILES string of the molecule is COc1ccccc1OCC(=O)NCc1ccc(C(O)c2ccccc2)s1. The summed E-state index contributed by atoms with van der Waals surface area (Å²) in [5, 5.41) is 13.3. The molecule has 0 fully saturated rings. The summed E-state index contributed by atoms with van der Waals surface area (Å²) in [7, 11) is 1.56. The molecule has 2 N–H and O–H groups in total. The topological polar surface area (TPSA) is 67.8 Å². The van der Waals surface area contributed by atoms with E-state index in [1.807, 2.05) is 54.6 Å². The van der Waals surface area contributed by atoms with Gasteiger partial charge in [0.15, 0.2) is 18.1 Å². The van der Waals surface area contributed by atoms with E-state index < -0.39 is 6.10 Å². The van der Waals surface area contributed by atoms with Crippen molar-refractivity contribution >= 4 is 17.2 Å². The molecule has 140 valence electrons. The third kappa shape index (κ3) is 5.09. The molecule has 1 aromatic heterocycles. The molecule has 3 rings (SSSR count). The molecule has 0 saturated carbocycles. The van der Waals surface area contributed by atoms with Crippen LogP contribution in [-0.4, -0.2) is 24.7 Å². The molecule has 0 bridgehead atoms. The average molecular weight is 383 g/mol. The minimum atomic E-state index is -0.658. The maximum atomic E-state index is 12.0. The van der Waals surface area contributed by atoms with Gasteiger partial charge in [0.05, 0.1) is 13.7 Å². The molecule has 0 aliphatic rings. The number of aliphatic hydroxyl groups is 1. The van der Waals surface area contributed by atoms with Crippen LogP contribution in [0.25, 0.3) is 0 Å². The van der Waals surface area contributed by atoms with Crippen molar-refractivity contribution in [1.29, 1.82) is 0 Å². The van der Waals surface area contributed by atoms with Gasteiger partial charge in [-0.2, -0.15) is 0 Å². The molecule has 1 atom stereocenters. The number of aliphatic hydroxyl groups excluding tert-OH is 1. The summed E-state index contributed by atoms with van der Waals surface area (Å²) in [6.07, 6.45) is -0.658. The van der Waals surface area contributed by atoms with Gasteiger partial charge < -0.3 is 19.9 Å². The number of hydrogen-bond acceptors (Lipinski definition) is 5. The van der Waals surface area contributed by atoms with Gasteiger partial charge in [0.2, 0.25) is 0 Å². The number of para-hydroxylation sites is 2. The van der Waals surface area contributed by atoms with Crippen LogP contribution in [0.15, 0.2) is 66.7 Å². The van der Waals surface area contributed by atoms with Crippen LogP contribution in [-0.2, 0) is 11.3 Å². The minimum absolute atomic E-state index is 0.0920. The molecule has 0 saturated heterocycles. The molecule has 3 aromatic rings. The molecule has 0 aliphatic carbocycles. The van der Waals surface area contributed by atoms with Gasteiger partial charge in [-0.1, -0.05) is 42.5 Å². The van der Waals surface area contributed by atoms with E-state index in [9.17, 15) is 9.90 Å². The van der Waals surface area contributed by atoms with E-state index in [0.717, 1.165) is 15.3 Å². The van der Waals surface area contributed by atoms with Crippen LogP contribution in [0.2, 0.25) is 0 Å². The number of carbonyl (C=O) groups excluding carboxylic acids is 1. The van der Waals surface area contributed by atoms with Crippen molar-refractivity contribution in [1.82, 2.24) is 5.32 Å². The van der Waals surface area contributed by atoms with Crippen LogP contribution >= 0.6 is 11.3 Å². The zero-order valence-electron chi connectivity index (χ0n) is 14.9. The fourth-order valence-electron chi connectivity index (χ4n) is 2.55. The minimum Gasteiger partial charge on any atom is -0.493 e. The van der Waals surface area contributed by atoms with E-state index in [2.05, 4.69) is 5.32 Å². The maximum Gasteiger partial charge on any atom is 0.258 e. The van der Waals surface area contributed by atoms with Crippen molar-refractivity contribution in [3.63, 3.8) is 0 Å². The molecule has 2 aromatic carbocycles.